The highest BCUT2D eigenvalue weighted by Crippen LogP contribution is 2.38. The molecule has 2 amide bonds. The van der Waals surface area contributed by atoms with Crippen LogP contribution in [0.1, 0.15) is 22.4 Å². The molecule has 9 nitrogen and oxygen atoms in total. The Balaban J connectivity index is 1.71. The van der Waals surface area contributed by atoms with Gasteiger partial charge in [-0.1, -0.05) is 23.7 Å². The van der Waals surface area contributed by atoms with Crippen LogP contribution in [0.15, 0.2) is 47.5 Å². The summed E-state index contributed by atoms with van der Waals surface area (Å²) in [4.78, 5) is 30.5. The van der Waals surface area contributed by atoms with Crippen LogP contribution in [0.25, 0.3) is 0 Å². The van der Waals surface area contributed by atoms with E-state index in [1.54, 1.807) is 50.4 Å². The lowest BCUT2D eigenvalue weighted by Crippen LogP contribution is -2.52. The van der Waals surface area contributed by atoms with Gasteiger partial charge in [0.25, 0.3) is 10.0 Å². The van der Waals surface area contributed by atoms with Crippen molar-refractivity contribution in [3.8, 4) is 0 Å². The number of hydrogen-bond acceptors (Lipinski definition) is 7. The number of carbonyl (C=O) groups is 2. The molecule has 1 aliphatic heterocycles. The summed E-state index contributed by atoms with van der Waals surface area (Å²) < 4.78 is 28.8. The van der Waals surface area contributed by atoms with E-state index in [9.17, 15) is 18.0 Å². The quantitative estimate of drug-likeness (QED) is 0.457. The Bertz CT molecular complexity index is 1390. The smallest absolute Gasteiger partial charge is 0.265 e. The molecule has 0 bridgehead atoms. The number of anilines is 3. The molecule has 1 aromatic heterocycles. The van der Waals surface area contributed by atoms with Crippen molar-refractivity contribution in [2.75, 3.05) is 15.4 Å². The maximum absolute atomic E-state index is 13.9. The lowest BCUT2D eigenvalue weighted by atomic mass is 10.1. The van der Waals surface area contributed by atoms with Crippen molar-refractivity contribution in [2.45, 2.75) is 37.8 Å². The van der Waals surface area contributed by atoms with Crippen LogP contribution in [-0.4, -0.2) is 31.3 Å². The van der Waals surface area contributed by atoms with Crippen LogP contribution in [0, 0.1) is 13.8 Å². The molecular formula is C22H22ClN5O4S2. The maximum atomic E-state index is 13.9. The molecule has 4 N–H and O–H groups in total. The van der Waals surface area contributed by atoms with Crippen molar-refractivity contribution < 1.29 is 18.0 Å². The van der Waals surface area contributed by atoms with Gasteiger partial charge in [-0.2, -0.15) is 0 Å². The third-order valence-corrected chi connectivity index (χ3v) is 8.59. The number of nitrogen functional groups attached to an aromatic ring is 1. The number of aryl methyl sites for hydroxylation is 2. The summed E-state index contributed by atoms with van der Waals surface area (Å²) in [6.07, 6.45) is 1.17. The molecular weight excluding hydrogens is 498 g/mol. The Hall–Kier alpha value is -3.15. The Morgan fingerprint density at radius 3 is 2.71 bits per heavy atom. The second-order valence-corrected chi connectivity index (χ2v) is 11.2. The number of nitrogens with zero attached hydrogens (tertiary/aromatic N) is 2. The van der Waals surface area contributed by atoms with Gasteiger partial charge in [-0.05, 0) is 49.2 Å². The minimum absolute atomic E-state index is 0.0180. The zero-order valence-electron chi connectivity index (χ0n) is 18.3. The maximum Gasteiger partial charge on any atom is 0.265 e. The van der Waals surface area contributed by atoms with Gasteiger partial charge >= 0.3 is 0 Å². The molecule has 2 heterocycles. The van der Waals surface area contributed by atoms with E-state index in [1.807, 2.05) is 0 Å². The number of nitrogens with one attached hydrogen (secondary N) is 2. The van der Waals surface area contributed by atoms with Gasteiger partial charge in [-0.15, -0.1) is 11.3 Å². The van der Waals surface area contributed by atoms with Gasteiger partial charge in [0.15, 0.2) is 5.13 Å². The van der Waals surface area contributed by atoms with Crippen molar-refractivity contribution in [3.05, 3.63) is 63.6 Å². The third kappa shape index (κ3) is 4.59. The number of carbonyl (C=O) groups excluding carboxylic acids is 2. The van der Waals surface area contributed by atoms with E-state index in [0.717, 1.165) is 9.18 Å². The van der Waals surface area contributed by atoms with Crippen molar-refractivity contribution >= 4 is 61.3 Å². The van der Waals surface area contributed by atoms with E-state index in [2.05, 4.69) is 15.6 Å². The molecule has 1 atom stereocenters. The Labute approximate surface area is 206 Å². The molecule has 12 heteroatoms. The average molecular weight is 520 g/mol. The molecule has 0 saturated heterocycles. The van der Waals surface area contributed by atoms with Crippen molar-refractivity contribution in [1.29, 1.82) is 0 Å². The van der Waals surface area contributed by atoms with Gasteiger partial charge in [0.05, 0.1) is 29.2 Å². The molecule has 3 aromatic rings. The first-order valence-electron chi connectivity index (χ1n) is 10.3. The number of para-hydroxylation sites is 2. The molecule has 178 valence electrons. The summed E-state index contributed by atoms with van der Waals surface area (Å²) in [5, 5.41) is 6.22. The summed E-state index contributed by atoms with van der Waals surface area (Å²) in [5.74, 6) is -1.08. The summed E-state index contributed by atoms with van der Waals surface area (Å²) >= 11 is 7.40. The van der Waals surface area contributed by atoms with Gasteiger partial charge < -0.3 is 16.4 Å². The highest BCUT2D eigenvalue weighted by Gasteiger charge is 2.42. The lowest BCUT2D eigenvalue weighted by molar-refractivity contribution is -0.125. The topological polar surface area (TPSA) is 134 Å². The summed E-state index contributed by atoms with van der Waals surface area (Å²) in [6, 6.07) is 8.33. The standard InChI is InChI=1S/C22H22ClN5O4S2/c1-12-8-19(13(2)7-15(12)23)34(31,32)28-17-6-4-3-5-16(17)27-21(30)18(28)9-20(29)25-10-14-11-26-22(24)33-14/h3-8,11,18H,9-10H2,1-2H3,(H2,24,26)(H,25,29)(H,27,30). The number of benzene rings is 2. The van der Waals surface area contributed by atoms with Crippen LogP contribution < -0.4 is 20.7 Å². The second kappa shape index (κ2) is 9.24. The van der Waals surface area contributed by atoms with E-state index in [-0.39, 0.29) is 23.5 Å². The fraction of sp³-hybridized carbons (Fsp3) is 0.227. The normalized spacial score (nSPS) is 15.6. The van der Waals surface area contributed by atoms with Crippen molar-refractivity contribution in [2.24, 2.45) is 0 Å². The van der Waals surface area contributed by atoms with Crippen molar-refractivity contribution in [3.63, 3.8) is 0 Å². The number of thiazole rings is 1. The number of sulfonamides is 1. The Morgan fingerprint density at radius 2 is 2.00 bits per heavy atom. The number of rotatable bonds is 6. The summed E-state index contributed by atoms with van der Waals surface area (Å²) in [6.45, 7) is 3.51. The molecule has 0 aliphatic carbocycles. The highest BCUT2D eigenvalue weighted by atomic mass is 35.5. The molecule has 34 heavy (non-hydrogen) atoms. The van der Waals surface area contributed by atoms with Crippen LogP contribution >= 0.6 is 22.9 Å². The Kier molecular flexibility index (Phi) is 6.52. The molecule has 0 fully saturated rings. The molecule has 4 rings (SSSR count). The lowest BCUT2D eigenvalue weighted by Gasteiger charge is -2.37. The first-order valence-corrected chi connectivity index (χ1v) is 12.9. The van der Waals surface area contributed by atoms with Crippen LogP contribution in [0.2, 0.25) is 5.02 Å². The zero-order valence-corrected chi connectivity index (χ0v) is 20.7. The fourth-order valence-corrected chi connectivity index (χ4v) is 6.48. The van der Waals surface area contributed by atoms with Crippen LogP contribution in [0.4, 0.5) is 16.5 Å². The van der Waals surface area contributed by atoms with Crippen LogP contribution in [0.5, 0.6) is 0 Å². The number of hydrogen-bond donors (Lipinski definition) is 3. The first kappa shape index (κ1) is 24.0. The molecule has 1 aliphatic rings. The number of amides is 2. The number of fused-ring (bicyclic) bond motifs is 1. The van der Waals surface area contributed by atoms with E-state index in [4.69, 9.17) is 17.3 Å². The van der Waals surface area contributed by atoms with Crippen molar-refractivity contribution in [1.82, 2.24) is 10.3 Å². The minimum Gasteiger partial charge on any atom is -0.375 e. The molecule has 0 radical (unpaired) electrons. The Morgan fingerprint density at radius 1 is 1.26 bits per heavy atom. The molecule has 0 spiro atoms. The highest BCUT2D eigenvalue weighted by molar-refractivity contribution is 7.93. The van der Waals surface area contributed by atoms with Gasteiger partial charge in [-0.25, -0.2) is 13.4 Å². The molecule has 0 saturated carbocycles. The largest absolute Gasteiger partial charge is 0.375 e. The SMILES string of the molecule is Cc1cc(S(=O)(=O)N2c3ccccc3NC(=O)C2CC(=O)NCc2cnc(N)s2)c(C)cc1Cl. The van der Waals surface area contributed by atoms with Gasteiger partial charge in [0.1, 0.15) is 6.04 Å². The van der Waals surface area contributed by atoms with Crippen LogP contribution in [-0.2, 0) is 26.2 Å². The number of aromatic nitrogens is 1. The average Bonchev–Trinajstić information content (AvgIpc) is 3.20. The second-order valence-electron chi connectivity index (χ2n) is 7.84. The third-order valence-electron chi connectivity index (χ3n) is 5.39. The monoisotopic (exact) mass is 519 g/mol. The van der Waals surface area contributed by atoms with Gasteiger partial charge in [0.2, 0.25) is 11.8 Å². The summed E-state index contributed by atoms with van der Waals surface area (Å²) in [7, 11) is -4.23. The first-order chi connectivity index (χ1) is 16.1. The van der Waals surface area contributed by atoms with E-state index < -0.39 is 27.9 Å². The number of nitrogens with two attached hydrogens (primary N) is 1. The zero-order chi connectivity index (χ0) is 24.6. The number of halogens is 1. The fourth-order valence-electron chi connectivity index (χ4n) is 3.71. The predicted molar refractivity (Wildman–Crippen MR) is 132 cm³/mol. The van der Waals surface area contributed by atoms with Gasteiger partial charge in [-0.3, -0.25) is 13.9 Å². The van der Waals surface area contributed by atoms with E-state index in [0.29, 0.717) is 27.0 Å². The van der Waals surface area contributed by atoms with Gasteiger partial charge in [0, 0.05) is 16.1 Å². The minimum atomic E-state index is -4.23. The predicted octanol–water partition coefficient (Wildman–Crippen LogP) is 3.22. The molecule has 1 unspecified atom stereocenters. The molecule has 2 aromatic carbocycles. The van der Waals surface area contributed by atoms with E-state index in [1.165, 1.54) is 17.4 Å². The summed E-state index contributed by atoms with van der Waals surface area (Å²) in [5.41, 5.74) is 7.25. The van der Waals surface area contributed by atoms with Crippen LogP contribution in [0.3, 0.4) is 0 Å². The van der Waals surface area contributed by atoms with E-state index >= 15 is 0 Å².